The van der Waals surface area contributed by atoms with Gasteiger partial charge in [0.05, 0.1) is 10.5 Å². The zero-order valence-corrected chi connectivity index (χ0v) is 14.6. The van der Waals surface area contributed by atoms with Gasteiger partial charge in [-0.15, -0.1) is 0 Å². The molecule has 2 aromatic rings. The SMILES string of the molecule is CS(=O)(=O)c1ccccc1COc1cccc(F)c1C1=NCCCN1. The van der Waals surface area contributed by atoms with Crippen molar-refractivity contribution < 1.29 is 17.5 Å². The van der Waals surface area contributed by atoms with Crippen molar-refractivity contribution >= 4 is 15.7 Å². The summed E-state index contributed by atoms with van der Waals surface area (Å²) >= 11 is 0. The normalized spacial score (nSPS) is 14.6. The summed E-state index contributed by atoms with van der Waals surface area (Å²) in [7, 11) is -3.37. The van der Waals surface area contributed by atoms with Crippen LogP contribution in [0.1, 0.15) is 17.5 Å². The van der Waals surface area contributed by atoms with Crippen molar-refractivity contribution in [3.05, 3.63) is 59.4 Å². The Morgan fingerprint density at radius 3 is 2.72 bits per heavy atom. The molecule has 0 fully saturated rings. The molecule has 0 aliphatic carbocycles. The highest BCUT2D eigenvalue weighted by molar-refractivity contribution is 7.90. The standard InChI is InChI=1S/C18H19FN2O3S/c1-25(22,23)16-9-3-2-6-13(16)12-24-15-8-4-7-14(19)17(15)18-20-10-5-11-21-18/h2-4,6-9H,5,10-12H2,1H3,(H,20,21). The third-order valence-electron chi connectivity index (χ3n) is 3.86. The molecule has 0 atom stereocenters. The van der Waals surface area contributed by atoms with E-state index in [1.54, 1.807) is 30.3 Å². The van der Waals surface area contributed by atoms with Gasteiger partial charge in [0.25, 0.3) is 0 Å². The molecule has 3 rings (SSSR count). The molecule has 1 heterocycles. The van der Waals surface area contributed by atoms with E-state index in [2.05, 4.69) is 10.3 Å². The maximum absolute atomic E-state index is 14.3. The van der Waals surface area contributed by atoms with E-state index in [1.807, 2.05) is 0 Å². The molecule has 25 heavy (non-hydrogen) atoms. The zero-order valence-electron chi connectivity index (χ0n) is 13.8. The summed E-state index contributed by atoms with van der Waals surface area (Å²) in [6, 6.07) is 11.2. The largest absolute Gasteiger partial charge is 0.488 e. The number of ether oxygens (including phenoxy) is 1. The van der Waals surface area contributed by atoms with Gasteiger partial charge in [-0.25, -0.2) is 12.8 Å². The Kier molecular flexibility index (Phi) is 5.03. The number of hydrogen-bond donors (Lipinski definition) is 1. The lowest BCUT2D eigenvalue weighted by atomic mass is 10.1. The van der Waals surface area contributed by atoms with Gasteiger partial charge in [-0.3, -0.25) is 4.99 Å². The third kappa shape index (κ3) is 3.99. The van der Waals surface area contributed by atoms with E-state index in [-0.39, 0.29) is 17.1 Å². The Morgan fingerprint density at radius 1 is 1.20 bits per heavy atom. The van der Waals surface area contributed by atoms with Crippen LogP contribution in [0.15, 0.2) is 52.4 Å². The minimum atomic E-state index is -3.37. The zero-order chi connectivity index (χ0) is 17.9. The number of nitrogens with zero attached hydrogens (tertiary/aromatic N) is 1. The fourth-order valence-corrected chi connectivity index (χ4v) is 3.62. The molecule has 1 N–H and O–H groups in total. The van der Waals surface area contributed by atoms with Crippen molar-refractivity contribution in [3.63, 3.8) is 0 Å². The van der Waals surface area contributed by atoms with Gasteiger partial charge in [0.1, 0.15) is 24.0 Å². The number of halogens is 1. The van der Waals surface area contributed by atoms with Crippen molar-refractivity contribution in [1.82, 2.24) is 5.32 Å². The summed E-state index contributed by atoms with van der Waals surface area (Å²) in [4.78, 5) is 4.53. The van der Waals surface area contributed by atoms with Crippen molar-refractivity contribution in [1.29, 1.82) is 0 Å². The Hall–Kier alpha value is -2.41. The molecule has 5 nitrogen and oxygen atoms in total. The van der Waals surface area contributed by atoms with Crippen LogP contribution in [0.2, 0.25) is 0 Å². The Morgan fingerprint density at radius 2 is 2.00 bits per heavy atom. The highest BCUT2D eigenvalue weighted by atomic mass is 32.2. The summed E-state index contributed by atoms with van der Waals surface area (Å²) < 4.78 is 43.9. The van der Waals surface area contributed by atoms with E-state index in [9.17, 15) is 12.8 Å². The van der Waals surface area contributed by atoms with E-state index >= 15 is 0 Å². The fourth-order valence-electron chi connectivity index (χ4n) is 2.69. The molecule has 0 saturated carbocycles. The van der Waals surface area contributed by atoms with Crippen LogP contribution in [0.25, 0.3) is 0 Å². The first-order valence-electron chi connectivity index (χ1n) is 7.95. The second-order valence-electron chi connectivity index (χ2n) is 5.79. The van der Waals surface area contributed by atoms with E-state index < -0.39 is 15.7 Å². The molecule has 0 aromatic heterocycles. The predicted molar refractivity (Wildman–Crippen MR) is 94.3 cm³/mol. The predicted octanol–water partition coefficient (Wildman–Crippen LogP) is 2.55. The smallest absolute Gasteiger partial charge is 0.175 e. The summed E-state index contributed by atoms with van der Waals surface area (Å²) in [5.41, 5.74) is 0.804. The second-order valence-corrected chi connectivity index (χ2v) is 7.78. The van der Waals surface area contributed by atoms with Crippen molar-refractivity contribution in [2.75, 3.05) is 19.3 Å². The number of nitrogens with one attached hydrogen (secondary N) is 1. The maximum Gasteiger partial charge on any atom is 0.175 e. The summed E-state index contributed by atoms with van der Waals surface area (Å²) in [5, 5.41) is 3.08. The lowest BCUT2D eigenvalue weighted by molar-refractivity contribution is 0.300. The molecule has 0 amide bonds. The number of benzene rings is 2. The molecule has 0 bridgehead atoms. The van der Waals surface area contributed by atoms with Crippen LogP contribution in [-0.2, 0) is 16.4 Å². The quantitative estimate of drug-likeness (QED) is 0.888. The van der Waals surface area contributed by atoms with E-state index in [0.717, 1.165) is 19.2 Å². The van der Waals surface area contributed by atoms with Crippen LogP contribution in [0, 0.1) is 5.82 Å². The highest BCUT2D eigenvalue weighted by Gasteiger charge is 2.19. The summed E-state index contributed by atoms with van der Waals surface area (Å²) in [5.74, 6) is 0.370. The minimum Gasteiger partial charge on any atom is -0.488 e. The van der Waals surface area contributed by atoms with Gasteiger partial charge in [0.15, 0.2) is 9.84 Å². The van der Waals surface area contributed by atoms with Crippen LogP contribution in [0.4, 0.5) is 4.39 Å². The van der Waals surface area contributed by atoms with Crippen LogP contribution in [0.5, 0.6) is 5.75 Å². The van der Waals surface area contributed by atoms with E-state index in [1.165, 1.54) is 12.1 Å². The Labute approximate surface area is 146 Å². The van der Waals surface area contributed by atoms with E-state index in [4.69, 9.17) is 4.74 Å². The molecule has 132 valence electrons. The number of rotatable bonds is 5. The van der Waals surface area contributed by atoms with Gasteiger partial charge in [-0.05, 0) is 24.6 Å². The summed E-state index contributed by atoms with van der Waals surface area (Å²) in [6.07, 6.45) is 2.05. The van der Waals surface area contributed by atoms with Crippen molar-refractivity contribution in [2.45, 2.75) is 17.9 Å². The number of sulfone groups is 1. The number of aliphatic imine (C=N–C) groups is 1. The van der Waals surface area contributed by atoms with Crippen LogP contribution in [0.3, 0.4) is 0 Å². The second kappa shape index (κ2) is 7.23. The molecule has 7 heteroatoms. The Bertz CT molecular complexity index is 910. The monoisotopic (exact) mass is 362 g/mol. The fraction of sp³-hybridized carbons (Fsp3) is 0.278. The molecule has 1 aliphatic heterocycles. The molecule has 0 radical (unpaired) electrons. The molecule has 0 unspecified atom stereocenters. The van der Waals surface area contributed by atoms with Gasteiger partial charge < -0.3 is 10.1 Å². The van der Waals surface area contributed by atoms with Crippen LogP contribution < -0.4 is 10.1 Å². The lowest BCUT2D eigenvalue weighted by Crippen LogP contribution is -2.31. The third-order valence-corrected chi connectivity index (χ3v) is 5.06. The van der Waals surface area contributed by atoms with Crippen LogP contribution >= 0.6 is 0 Å². The number of amidine groups is 1. The highest BCUT2D eigenvalue weighted by Crippen LogP contribution is 2.25. The summed E-state index contributed by atoms with van der Waals surface area (Å²) in [6.45, 7) is 1.38. The van der Waals surface area contributed by atoms with Gasteiger partial charge in [0, 0.05) is 24.9 Å². The first kappa shape index (κ1) is 17.4. The van der Waals surface area contributed by atoms with Crippen LogP contribution in [-0.4, -0.2) is 33.6 Å². The molecule has 0 spiro atoms. The Balaban J connectivity index is 1.91. The molecular weight excluding hydrogens is 343 g/mol. The maximum atomic E-state index is 14.3. The molecule has 1 aliphatic rings. The van der Waals surface area contributed by atoms with Crippen molar-refractivity contribution in [3.8, 4) is 5.75 Å². The topological polar surface area (TPSA) is 67.8 Å². The average Bonchev–Trinajstić information content (AvgIpc) is 2.60. The lowest BCUT2D eigenvalue weighted by Gasteiger charge is -2.18. The van der Waals surface area contributed by atoms with Gasteiger partial charge in [0.2, 0.25) is 0 Å². The van der Waals surface area contributed by atoms with E-state index in [0.29, 0.717) is 23.7 Å². The van der Waals surface area contributed by atoms with Crippen molar-refractivity contribution in [2.24, 2.45) is 4.99 Å². The first-order valence-corrected chi connectivity index (χ1v) is 9.84. The average molecular weight is 362 g/mol. The number of hydrogen-bond acceptors (Lipinski definition) is 5. The van der Waals surface area contributed by atoms with Gasteiger partial charge in [-0.1, -0.05) is 24.3 Å². The molecular formula is C18H19FN2O3S. The first-order chi connectivity index (χ1) is 12.0. The molecule has 2 aromatic carbocycles. The van der Waals surface area contributed by atoms with Gasteiger partial charge in [-0.2, -0.15) is 0 Å². The molecule has 0 saturated heterocycles. The van der Waals surface area contributed by atoms with Gasteiger partial charge >= 0.3 is 0 Å². The minimum absolute atomic E-state index is 0.0208.